The Morgan fingerprint density at radius 3 is 2.42 bits per heavy atom. The molecule has 10 rings (SSSR count). The molecule has 6 aliphatic heterocycles. The Hall–Kier alpha value is -5.26. The molecule has 60 heavy (non-hydrogen) atoms. The van der Waals surface area contributed by atoms with E-state index in [1.165, 1.54) is 11.0 Å². The van der Waals surface area contributed by atoms with Crippen LogP contribution in [-0.4, -0.2) is 101 Å². The maximum absolute atomic E-state index is 15.6. The number of halogens is 2. The van der Waals surface area contributed by atoms with E-state index in [2.05, 4.69) is 57.9 Å². The summed E-state index contributed by atoms with van der Waals surface area (Å²) in [5.74, 6) is 0.226. The molecule has 6 fully saturated rings. The molecule has 2 N–H and O–H groups in total. The van der Waals surface area contributed by atoms with Gasteiger partial charge in [-0.1, -0.05) is 45.4 Å². The number of imide groups is 1. The minimum absolute atomic E-state index is 0.153. The van der Waals surface area contributed by atoms with Crippen LogP contribution in [-0.2, 0) is 16.1 Å². The predicted molar refractivity (Wildman–Crippen MR) is 224 cm³/mol. The molecule has 13 nitrogen and oxygen atoms in total. The molecule has 1 saturated carbocycles. The van der Waals surface area contributed by atoms with E-state index in [9.17, 15) is 19.2 Å². The fourth-order valence-corrected chi connectivity index (χ4v) is 11.4. The van der Waals surface area contributed by atoms with Crippen molar-refractivity contribution in [2.45, 2.75) is 96.6 Å². The molecule has 314 valence electrons. The van der Waals surface area contributed by atoms with Crippen LogP contribution in [0, 0.1) is 29.1 Å². The van der Waals surface area contributed by atoms with Crippen molar-refractivity contribution in [3.8, 4) is 5.75 Å². The van der Waals surface area contributed by atoms with Crippen molar-refractivity contribution in [3.05, 3.63) is 87.6 Å². The van der Waals surface area contributed by atoms with Crippen LogP contribution in [0.15, 0.2) is 48.7 Å². The molecule has 2 aromatic carbocycles. The van der Waals surface area contributed by atoms with E-state index < -0.39 is 17.8 Å². The van der Waals surface area contributed by atoms with Gasteiger partial charge in [0.2, 0.25) is 17.5 Å². The van der Waals surface area contributed by atoms with Crippen molar-refractivity contribution in [1.82, 2.24) is 25.4 Å². The highest BCUT2D eigenvalue weighted by molar-refractivity contribution is 6.33. The smallest absolute Gasteiger partial charge is 0.255 e. The highest BCUT2D eigenvalue weighted by Crippen LogP contribution is 2.56. The Morgan fingerprint density at radius 1 is 1.03 bits per heavy atom. The lowest BCUT2D eigenvalue weighted by Gasteiger charge is -2.63. The van der Waals surface area contributed by atoms with Gasteiger partial charge in [0.15, 0.2) is 0 Å². The van der Waals surface area contributed by atoms with Crippen molar-refractivity contribution in [2.75, 3.05) is 42.5 Å². The van der Waals surface area contributed by atoms with E-state index in [1.54, 1.807) is 30.5 Å². The summed E-state index contributed by atoms with van der Waals surface area (Å²) in [5.41, 5.74) is 1.68. The number of aromatic nitrogens is 1. The third kappa shape index (κ3) is 6.93. The van der Waals surface area contributed by atoms with Crippen LogP contribution < -0.4 is 25.2 Å². The molecule has 3 aromatic rings. The van der Waals surface area contributed by atoms with E-state index >= 15 is 4.39 Å². The van der Waals surface area contributed by atoms with Gasteiger partial charge in [0.1, 0.15) is 29.5 Å². The topological polar surface area (TPSA) is 132 Å². The van der Waals surface area contributed by atoms with Crippen LogP contribution in [0.25, 0.3) is 4.85 Å². The van der Waals surface area contributed by atoms with Gasteiger partial charge in [-0.3, -0.25) is 29.4 Å². The van der Waals surface area contributed by atoms with Gasteiger partial charge in [0.25, 0.3) is 11.8 Å². The molecule has 0 spiro atoms. The Labute approximate surface area is 354 Å². The normalized spacial score (nSPS) is 27.1. The number of pyridine rings is 1. The van der Waals surface area contributed by atoms with E-state index in [0.717, 1.165) is 63.4 Å². The maximum atomic E-state index is 15.6. The number of hydrogen-bond acceptors (Lipinski definition) is 9. The number of ether oxygens (including phenoxy) is 1. The molecular formula is C45H50ClFN8O5. The lowest BCUT2D eigenvalue weighted by molar-refractivity contribution is -0.164. The number of nitrogens with one attached hydrogen (secondary N) is 2. The molecule has 3 atom stereocenters. The second-order valence-electron chi connectivity index (χ2n) is 18.6. The number of benzene rings is 2. The van der Waals surface area contributed by atoms with E-state index in [1.807, 2.05) is 12.1 Å². The number of nitrogens with zero attached hydrogens (tertiary/aromatic N) is 6. The van der Waals surface area contributed by atoms with Crippen molar-refractivity contribution in [1.29, 1.82) is 0 Å². The summed E-state index contributed by atoms with van der Waals surface area (Å²) in [6.07, 6.45) is 4.98. The van der Waals surface area contributed by atoms with Crippen LogP contribution in [0.1, 0.15) is 86.1 Å². The summed E-state index contributed by atoms with van der Waals surface area (Å²) in [4.78, 5) is 67.4. The third-order valence-electron chi connectivity index (χ3n) is 14.0. The summed E-state index contributed by atoms with van der Waals surface area (Å²) in [7, 11) is 0. The summed E-state index contributed by atoms with van der Waals surface area (Å²) in [6, 6.07) is 11.5. The molecule has 3 unspecified atom stereocenters. The monoisotopic (exact) mass is 836 g/mol. The average Bonchev–Trinajstić information content (AvgIpc) is 3.53. The van der Waals surface area contributed by atoms with Crippen LogP contribution in [0.3, 0.4) is 0 Å². The standard InChI is InChI=1S/C45H50ClFN8O5/c1-44(2)42(45(3,4)43(44)60-30-7-8-34(48-5)32(46)18-30)51-39(57)26-6-10-37(49-20-26)53-14-12-25(13-15-53)21-52-23-28-17-29(24-52)55(28)36-16-27-22-54(41(59)31(27)19-33(36)47)35-9-11-38(56)50-40(35)58/h6-8,10,16,18-20,25,28-29,35,42-43H,9,11-15,17,21-24H2,1-4H3,(H,51,57)(H,50,56,58). The number of rotatable bonds is 9. The maximum Gasteiger partial charge on any atom is 0.255 e. The van der Waals surface area contributed by atoms with Crippen LogP contribution in [0.4, 0.5) is 21.6 Å². The van der Waals surface area contributed by atoms with Crippen molar-refractivity contribution in [3.63, 3.8) is 0 Å². The Morgan fingerprint density at radius 2 is 1.77 bits per heavy atom. The van der Waals surface area contributed by atoms with Crippen LogP contribution >= 0.6 is 11.6 Å². The second kappa shape index (κ2) is 15.0. The molecule has 4 amide bonds. The summed E-state index contributed by atoms with van der Waals surface area (Å²) < 4.78 is 22.0. The number of piperazine rings is 1. The van der Waals surface area contributed by atoms with E-state index in [-0.39, 0.29) is 72.2 Å². The van der Waals surface area contributed by atoms with Gasteiger partial charge in [-0.05, 0) is 73.6 Å². The van der Waals surface area contributed by atoms with Crippen LogP contribution in [0.5, 0.6) is 5.75 Å². The molecule has 1 aromatic heterocycles. The average molecular weight is 837 g/mol. The molecule has 1 aliphatic carbocycles. The first-order valence-corrected chi connectivity index (χ1v) is 21.3. The fourth-order valence-electron chi connectivity index (χ4n) is 11.2. The fraction of sp³-hybridized carbons (Fsp3) is 0.511. The number of piperidine rings is 3. The Kier molecular flexibility index (Phi) is 10.1. The van der Waals surface area contributed by atoms with Gasteiger partial charge in [-0.25, -0.2) is 14.2 Å². The lowest BCUT2D eigenvalue weighted by atomic mass is 9.49. The molecule has 7 heterocycles. The zero-order chi connectivity index (χ0) is 42.2. The first-order chi connectivity index (χ1) is 28.6. The van der Waals surface area contributed by atoms with Crippen molar-refractivity contribution in [2.24, 2.45) is 16.7 Å². The Balaban J connectivity index is 0.747. The predicted octanol–water partition coefficient (Wildman–Crippen LogP) is 5.98. The highest BCUT2D eigenvalue weighted by Gasteiger charge is 2.64. The van der Waals surface area contributed by atoms with Crippen molar-refractivity contribution < 1.29 is 28.3 Å². The lowest BCUT2D eigenvalue weighted by Crippen LogP contribution is -2.74. The molecule has 7 aliphatic rings. The zero-order valence-corrected chi connectivity index (χ0v) is 35.1. The Bertz CT molecular complexity index is 2280. The highest BCUT2D eigenvalue weighted by atomic mass is 35.5. The van der Waals surface area contributed by atoms with Crippen molar-refractivity contribution >= 4 is 52.4 Å². The van der Waals surface area contributed by atoms with Gasteiger partial charge in [-0.2, -0.15) is 0 Å². The molecule has 15 heteroatoms. The summed E-state index contributed by atoms with van der Waals surface area (Å²) in [5, 5.41) is 5.92. The number of anilines is 2. The van der Waals surface area contributed by atoms with Gasteiger partial charge >= 0.3 is 0 Å². The summed E-state index contributed by atoms with van der Waals surface area (Å²) in [6.45, 7) is 20.3. The molecule has 0 radical (unpaired) electrons. The van der Waals surface area contributed by atoms with Gasteiger partial charge in [0, 0.05) is 86.4 Å². The quantitative estimate of drug-likeness (QED) is 0.198. The van der Waals surface area contributed by atoms with Gasteiger partial charge in [0.05, 0.1) is 22.8 Å². The number of fused-ring (bicyclic) bond motifs is 3. The van der Waals surface area contributed by atoms with Gasteiger partial charge < -0.3 is 24.8 Å². The number of hydrogen-bond donors (Lipinski definition) is 2. The largest absolute Gasteiger partial charge is 0.489 e. The van der Waals surface area contributed by atoms with E-state index in [0.29, 0.717) is 39.2 Å². The first-order valence-electron chi connectivity index (χ1n) is 21.0. The zero-order valence-electron chi connectivity index (χ0n) is 34.3. The van der Waals surface area contributed by atoms with Crippen LogP contribution in [0.2, 0.25) is 5.02 Å². The number of carbonyl (C=O) groups excluding carboxylic acids is 4. The molecular weight excluding hydrogens is 787 g/mol. The van der Waals surface area contributed by atoms with Gasteiger partial charge in [-0.15, -0.1) is 0 Å². The third-order valence-corrected chi connectivity index (χ3v) is 14.3. The second-order valence-corrected chi connectivity index (χ2v) is 19.0. The molecule has 2 bridgehead atoms. The molecule has 5 saturated heterocycles. The minimum atomic E-state index is -0.729. The minimum Gasteiger partial charge on any atom is -0.489 e. The number of amides is 4. The first kappa shape index (κ1) is 40.2. The summed E-state index contributed by atoms with van der Waals surface area (Å²) >= 11 is 6.26. The SMILES string of the molecule is [C-]#[N+]c1ccc(OC2C(C)(C)C(NC(=O)c3ccc(N4CCC(CN5CC6CC(C5)N6c5cc6c(cc5F)C(=O)N(C5CCC(=O)NC5=O)C6)CC4)nc3)C2(C)C)cc1Cl. The van der Waals surface area contributed by atoms with E-state index in [4.69, 9.17) is 27.9 Å². The number of carbonyl (C=O) groups is 4.